The Kier molecular flexibility index (Phi) is 9.12. The van der Waals surface area contributed by atoms with E-state index in [9.17, 15) is 0 Å². The fraction of sp³-hybridized carbons (Fsp3) is 0.0435. The molecular formula is C69H48N2. The molecule has 0 unspecified atom stereocenters. The highest BCUT2D eigenvalue weighted by Crippen LogP contribution is 2.55. The Bertz CT molecular complexity index is 4310. The van der Waals surface area contributed by atoms with E-state index in [4.69, 9.17) is 6.58 Å². The van der Waals surface area contributed by atoms with Gasteiger partial charge < -0.3 is 9.47 Å². The quantitative estimate of drug-likeness (QED) is 0.156. The van der Waals surface area contributed by atoms with Crippen LogP contribution in [-0.4, -0.2) is 4.57 Å². The van der Waals surface area contributed by atoms with Gasteiger partial charge >= 0.3 is 0 Å². The van der Waals surface area contributed by atoms with Crippen LogP contribution in [0.4, 0.5) is 11.4 Å². The smallest absolute Gasteiger partial charge is 0.0561 e. The van der Waals surface area contributed by atoms with Crippen LogP contribution < -0.4 is 15.5 Å². The van der Waals surface area contributed by atoms with Gasteiger partial charge in [-0.15, -0.1) is 0 Å². The first-order chi connectivity index (χ1) is 34.9. The summed E-state index contributed by atoms with van der Waals surface area (Å²) < 4.78 is 2.37. The van der Waals surface area contributed by atoms with Crippen molar-refractivity contribution in [3.63, 3.8) is 0 Å². The van der Waals surface area contributed by atoms with E-state index in [0.29, 0.717) is 0 Å². The molecule has 0 N–H and O–H groups in total. The van der Waals surface area contributed by atoms with Gasteiger partial charge in [-0.25, -0.2) is 0 Å². The van der Waals surface area contributed by atoms with Crippen molar-refractivity contribution >= 4 is 72.4 Å². The molecule has 0 atom stereocenters. The van der Waals surface area contributed by atoms with E-state index >= 15 is 0 Å². The van der Waals surface area contributed by atoms with Gasteiger partial charge in [0.15, 0.2) is 0 Å². The molecule has 14 rings (SSSR count). The Morgan fingerprint density at radius 1 is 0.380 bits per heavy atom. The van der Waals surface area contributed by atoms with Gasteiger partial charge in [-0.3, -0.25) is 0 Å². The maximum Gasteiger partial charge on any atom is 0.0561 e. The number of fused-ring (bicyclic) bond motifs is 11. The molecule has 2 heteroatoms. The van der Waals surface area contributed by atoms with Crippen LogP contribution >= 0.6 is 0 Å². The molecule has 1 aliphatic heterocycles. The summed E-state index contributed by atoms with van der Waals surface area (Å²) in [5.74, 6) is 0. The second-order valence-electron chi connectivity index (χ2n) is 19.7. The molecule has 71 heavy (non-hydrogen) atoms. The fourth-order valence-corrected chi connectivity index (χ4v) is 12.2. The summed E-state index contributed by atoms with van der Waals surface area (Å²) in [5, 5.41) is 11.0. The van der Waals surface area contributed by atoms with E-state index in [-0.39, 0.29) is 5.41 Å². The lowest BCUT2D eigenvalue weighted by Gasteiger charge is -2.26. The molecule has 0 saturated heterocycles. The first-order valence-electron chi connectivity index (χ1n) is 24.7. The van der Waals surface area contributed by atoms with Gasteiger partial charge in [-0.2, -0.15) is 0 Å². The number of hydrogen-bond donors (Lipinski definition) is 0. The SMILES string of the molecule is C=C1/C=c2\c(c3ccccc3n2-c2ccccc2)=C/N(c2ccccc2)c2cc(-c3ccc4c(-c5ccccc5)c5ccccc5c(-c5cc6c(c7ccccc57)-c5ccccc5C6(C)C)c4c3)ccc21. The minimum absolute atomic E-state index is 0.174. The van der Waals surface area contributed by atoms with Crippen molar-refractivity contribution in [2.24, 2.45) is 0 Å². The van der Waals surface area contributed by atoms with Crippen molar-refractivity contribution in [2.45, 2.75) is 19.3 Å². The number of nitrogens with zero attached hydrogens (tertiary/aromatic N) is 2. The second kappa shape index (κ2) is 15.8. The van der Waals surface area contributed by atoms with Gasteiger partial charge in [-0.05, 0) is 148 Å². The average molecular weight is 905 g/mol. The van der Waals surface area contributed by atoms with Gasteiger partial charge in [0.25, 0.3) is 0 Å². The molecule has 0 saturated carbocycles. The predicted octanol–water partition coefficient (Wildman–Crippen LogP) is 16.8. The highest BCUT2D eigenvalue weighted by molar-refractivity contribution is 6.25. The molecule has 0 bridgehead atoms. The molecule has 334 valence electrons. The second-order valence-corrected chi connectivity index (χ2v) is 19.7. The standard InChI is InChI=1S/C69H48N2/c1-44-39-65-60(52-28-18-20-34-63(52)71(65)49-25-11-6-12-26-49)43-70(48-23-9-5-10-24-48)64-41-47(35-37-50(44)64)46-36-38-56-58(40-46)67(55-31-16-15-30-54(55)66(56)45-21-7-4-8-22-45)59-42-62-68(53-29-14-13-27-51(53)59)57-32-17-19-33-61(57)69(62,2)3/h4-43H,1H2,2-3H3/b60-43-,65-39+. The van der Waals surface area contributed by atoms with Gasteiger partial charge in [0, 0.05) is 39.2 Å². The van der Waals surface area contributed by atoms with Crippen molar-refractivity contribution in [3.05, 3.63) is 264 Å². The molecule has 1 aliphatic carbocycles. The van der Waals surface area contributed by atoms with Crippen LogP contribution in [0, 0.1) is 0 Å². The van der Waals surface area contributed by atoms with Gasteiger partial charge in [0.1, 0.15) is 0 Å². The van der Waals surface area contributed by atoms with Crippen molar-refractivity contribution in [1.29, 1.82) is 0 Å². The van der Waals surface area contributed by atoms with Crippen molar-refractivity contribution in [1.82, 2.24) is 4.57 Å². The molecule has 1 aromatic heterocycles. The van der Waals surface area contributed by atoms with Gasteiger partial charge in [0.2, 0.25) is 0 Å². The zero-order valence-corrected chi connectivity index (χ0v) is 39.7. The monoisotopic (exact) mass is 904 g/mol. The number of aromatic nitrogens is 1. The number of benzene rings is 11. The maximum absolute atomic E-state index is 4.81. The summed E-state index contributed by atoms with van der Waals surface area (Å²) in [6.07, 6.45) is 4.62. The minimum Gasteiger partial charge on any atom is -0.316 e. The average Bonchev–Trinajstić information content (AvgIpc) is 3.85. The maximum atomic E-state index is 4.81. The summed E-state index contributed by atoms with van der Waals surface area (Å²) in [7, 11) is 0. The lowest BCUT2D eigenvalue weighted by atomic mass is 9.78. The highest BCUT2D eigenvalue weighted by Gasteiger charge is 2.37. The van der Waals surface area contributed by atoms with Crippen LogP contribution in [0.2, 0.25) is 0 Å². The Hall–Kier alpha value is -8.98. The minimum atomic E-state index is -0.174. The highest BCUT2D eigenvalue weighted by atomic mass is 15.1. The Balaban J connectivity index is 1.04. The van der Waals surface area contributed by atoms with Gasteiger partial charge in [-0.1, -0.05) is 202 Å². The number of allylic oxidation sites excluding steroid dienone is 1. The van der Waals surface area contributed by atoms with Crippen LogP contribution in [0.5, 0.6) is 0 Å². The predicted molar refractivity (Wildman–Crippen MR) is 302 cm³/mol. The third-order valence-corrected chi connectivity index (χ3v) is 15.4. The van der Waals surface area contributed by atoms with Crippen LogP contribution in [0.25, 0.3) is 111 Å². The van der Waals surface area contributed by atoms with Crippen molar-refractivity contribution < 1.29 is 0 Å². The summed E-state index contributed by atoms with van der Waals surface area (Å²) in [5.41, 5.74) is 19.0. The molecule has 0 fully saturated rings. The Morgan fingerprint density at radius 2 is 0.944 bits per heavy atom. The third kappa shape index (κ3) is 6.21. The first kappa shape index (κ1) is 41.0. The molecule has 2 nitrogen and oxygen atoms in total. The van der Waals surface area contributed by atoms with E-state index in [1.807, 2.05) is 0 Å². The normalized spacial score (nSPS) is 14.5. The van der Waals surface area contributed by atoms with Crippen molar-refractivity contribution in [3.8, 4) is 50.2 Å². The van der Waals surface area contributed by atoms with Crippen LogP contribution in [0.15, 0.2) is 237 Å². The van der Waals surface area contributed by atoms with E-state index < -0.39 is 0 Å². The molecule has 0 amide bonds. The van der Waals surface area contributed by atoms with E-state index in [1.54, 1.807) is 0 Å². The van der Waals surface area contributed by atoms with Crippen molar-refractivity contribution in [2.75, 3.05) is 4.90 Å². The van der Waals surface area contributed by atoms with E-state index in [2.05, 4.69) is 266 Å². The van der Waals surface area contributed by atoms with E-state index in [0.717, 1.165) is 55.4 Å². The van der Waals surface area contributed by atoms with Crippen LogP contribution in [-0.2, 0) is 5.41 Å². The summed E-state index contributed by atoms with van der Waals surface area (Å²) in [6.45, 7) is 9.60. The lowest BCUT2D eigenvalue weighted by Crippen LogP contribution is -2.32. The van der Waals surface area contributed by atoms with Crippen LogP contribution in [0.1, 0.15) is 30.5 Å². The van der Waals surface area contributed by atoms with Crippen LogP contribution in [0.3, 0.4) is 0 Å². The molecule has 0 radical (unpaired) electrons. The van der Waals surface area contributed by atoms with Gasteiger partial charge in [0.05, 0.1) is 16.6 Å². The largest absolute Gasteiger partial charge is 0.316 e. The molecular weight excluding hydrogens is 857 g/mol. The Labute approximate surface area is 413 Å². The summed E-state index contributed by atoms with van der Waals surface area (Å²) >= 11 is 0. The summed E-state index contributed by atoms with van der Waals surface area (Å²) in [4.78, 5) is 2.38. The molecule has 0 spiro atoms. The number of para-hydroxylation sites is 3. The first-order valence-corrected chi connectivity index (χ1v) is 24.7. The number of anilines is 2. The fourth-order valence-electron chi connectivity index (χ4n) is 12.2. The number of hydrogen-bond acceptors (Lipinski definition) is 1. The molecule has 12 aromatic rings. The lowest BCUT2D eigenvalue weighted by molar-refractivity contribution is 0.661. The topological polar surface area (TPSA) is 8.17 Å². The molecule has 11 aromatic carbocycles. The summed E-state index contributed by atoms with van der Waals surface area (Å²) in [6, 6.07) is 85.0. The number of rotatable bonds is 5. The zero-order valence-electron chi connectivity index (χ0n) is 39.7. The molecule has 2 heterocycles. The third-order valence-electron chi connectivity index (χ3n) is 15.4. The zero-order chi connectivity index (χ0) is 47.4. The Morgan fingerprint density at radius 3 is 1.69 bits per heavy atom. The molecule has 2 aliphatic rings. The van der Waals surface area contributed by atoms with E-state index in [1.165, 1.54) is 82.2 Å².